The van der Waals surface area contributed by atoms with Crippen LogP contribution in [0.25, 0.3) is 0 Å². The monoisotopic (exact) mass is 178 g/mol. The van der Waals surface area contributed by atoms with E-state index in [9.17, 15) is 14.4 Å². The summed E-state index contributed by atoms with van der Waals surface area (Å²) < 4.78 is 10.5. The second kappa shape index (κ2) is 3.23. The smallest absolute Gasteiger partial charge is 0.0614 e. The maximum absolute atomic E-state index is 10.5. The number of hydrogen-bond acceptors (Lipinski definition) is 4. The zero-order valence-corrected chi connectivity index (χ0v) is 7.00. The summed E-state index contributed by atoms with van der Waals surface area (Å²) in [4.78, 5) is 21.0. The molecular formula is C6H11O4P-2. The molecule has 1 aliphatic carbocycles. The Morgan fingerprint density at radius 2 is 1.82 bits per heavy atom. The fraction of sp³-hybridized carbons (Fsp3) is 1.00. The Labute approximate surface area is 65.4 Å². The molecule has 0 heterocycles. The summed E-state index contributed by atoms with van der Waals surface area (Å²) >= 11 is 0. The Hall–Kier alpha value is 0.110. The lowest BCUT2D eigenvalue weighted by atomic mass is 9.97. The summed E-state index contributed by atoms with van der Waals surface area (Å²) in [5.41, 5.74) is -1.03. The van der Waals surface area contributed by atoms with Gasteiger partial charge in [-0.05, 0) is 12.8 Å². The van der Waals surface area contributed by atoms with Gasteiger partial charge in [0.1, 0.15) is 0 Å². The van der Waals surface area contributed by atoms with Crippen LogP contribution < -0.4 is 9.79 Å². The van der Waals surface area contributed by atoms with Crippen LogP contribution in [0.1, 0.15) is 25.7 Å². The minimum absolute atomic E-state index is 0.325. The number of rotatable bonds is 1. The van der Waals surface area contributed by atoms with E-state index in [1.807, 2.05) is 0 Å². The van der Waals surface area contributed by atoms with E-state index in [1.54, 1.807) is 0 Å². The van der Waals surface area contributed by atoms with Gasteiger partial charge >= 0.3 is 0 Å². The molecule has 0 radical (unpaired) electrons. The van der Waals surface area contributed by atoms with Crippen molar-refractivity contribution in [3.05, 3.63) is 0 Å². The molecule has 0 aromatic heterocycles. The van der Waals surface area contributed by atoms with Gasteiger partial charge in [-0.1, -0.05) is 20.4 Å². The molecule has 0 amide bonds. The molecule has 1 rings (SSSR count). The van der Waals surface area contributed by atoms with Crippen LogP contribution in [0, 0.1) is 0 Å². The third-order valence-corrected chi connectivity index (χ3v) is 3.51. The molecule has 1 N–H and O–H groups in total. The maximum atomic E-state index is 10.5. The van der Waals surface area contributed by atoms with Gasteiger partial charge in [0.05, 0.1) is 6.10 Å². The van der Waals surface area contributed by atoms with Crippen LogP contribution in [0.3, 0.4) is 0 Å². The molecule has 0 aliphatic heterocycles. The third kappa shape index (κ3) is 2.27. The molecule has 66 valence electrons. The van der Waals surface area contributed by atoms with Crippen LogP contribution in [0.15, 0.2) is 0 Å². The summed E-state index contributed by atoms with van der Waals surface area (Å²) in [6.45, 7) is 0. The quantitative estimate of drug-likeness (QED) is 0.533. The molecule has 1 aliphatic rings. The van der Waals surface area contributed by atoms with Gasteiger partial charge < -0.3 is 19.5 Å². The second-order valence-electron chi connectivity index (χ2n) is 2.96. The van der Waals surface area contributed by atoms with E-state index in [4.69, 9.17) is 5.11 Å². The van der Waals surface area contributed by atoms with Crippen molar-refractivity contribution in [3.8, 4) is 0 Å². The largest absolute Gasteiger partial charge is 0.810 e. The first-order chi connectivity index (χ1) is 5.02. The standard InChI is InChI=1S/C6H13O4P/c7-5-3-1-2-4-6(5)11(8,9)10/h5-7H,1-4H2,(H2,8,9,10)/p-2/t5-,6-/m1/s1. The topological polar surface area (TPSA) is 83.4 Å². The van der Waals surface area contributed by atoms with Gasteiger partial charge in [0.25, 0.3) is 0 Å². The van der Waals surface area contributed by atoms with E-state index in [1.165, 1.54) is 0 Å². The van der Waals surface area contributed by atoms with E-state index in [-0.39, 0.29) is 0 Å². The molecule has 1 saturated carbocycles. The molecule has 0 unspecified atom stereocenters. The summed E-state index contributed by atoms with van der Waals surface area (Å²) in [6, 6.07) is 0. The summed E-state index contributed by atoms with van der Waals surface area (Å²) in [5.74, 6) is 0. The van der Waals surface area contributed by atoms with E-state index in [2.05, 4.69) is 0 Å². The van der Waals surface area contributed by atoms with Gasteiger partial charge in [-0.25, -0.2) is 0 Å². The molecule has 11 heavy (non-hydrogen) atoms. The highest BCUT2D eigenvalue weighted by atomic mass is 31.2. The molecular weight excluding hydrogens is 167 g/mol. The lowest BCUT2D eigenvalue weighted by Gasteiger charge is -2.43. The zero-order chi connectivity index (χ0) is 8.48. The van der Waals surface area contributed by atoms with Gasteiger partial charge in [0, 0.05) is 5.66 Å². The average Bonchev–Trinajstić information content (AvgIpc) is 1.86. The Balaban J connectivity index is 2.62. The minimum Gasteiger partial charge on any atom is -0.810 e. The van der Waals surface area contributed by atoms with Crippen LogP contribution in [0.5, 0.6) is 0 Å². The third-order valence-electron chi connectivity index (χ3n) is 2.10. The van der Waals surface area contributed by atoms with Crippen LogP contribution in [-0.2, 0) is 4.57 Å². The number of aliphatic hydroxyl groups excluding tert-OH is 1. The predicted octanol–water partition coefficient (Wildman–Crippen LogP) is -0.796. The average molecular weight is 178 g/mol. The molecule has 0 aromatic rings. The van der Waals surface area contributed by atoms with Gasteiger partial charge in [0.15, 0.2) is 0 Å². The van der Waals surface area contributed by atoms with Crippen molar-refractivity contribution < 1.29 is 19.5 Å². The highest BCUT2D eigenvalue weighted by Gasteiger charge is 2.25. The zero-order valence-electron chi connectivity index (χ0n) is 6.10. The molecule has 2 atom stereocenters. The van der Waals surface area contributed by atoms with Crippen molar-refractivity contribution in [1.29, 1.82) is 0 Å². The lowest BCUT2D eigenvalue weighted by molar-refractivity contribution is -0.318. The molecule has 0 bridgehead atoms. The highest BCUT2D eigenvalue weighted by Crippen LogP contribution is 2.40. The SMILES string of the molecule is O=P([O-])([O-])[C@@H]1CCCC[C@H]1O. The minimum atomic E-state index is -4.55. The van der Waals surface area contributed by atoms with Crippen molar-refractivity contribution in [1.82, 2.24) is 0 Å². The van der Waals surface area contributed by atoms with Gasteiger partial charge in [0.2, 0.25) is 0 Å². The lowest BCUT2D eigenvalue weighted by Crippen LogP contribution is -2.37. The Bertz CT molecular complexity index is 175. The van der Waals surface area contributed by atoms with Gasteiger partial charge in [-0.2, -0.15) is 0 Å². The van der Waals surface area contributed by atoms with E-state index < -0.39 is 19.4 Å². The first-order valence-electron chi connectivity index (χ1n) is 3.71. The van der Waals surface area contributed by atoms with Crippen molar-refractivity contribution in [2.75, 3.05) is 0 Å². The normalized spacial score (nSPS) is 33.7. The maximum Gasteiger partial charge on any atom is 0.0614 e. The number of hydrogen-bond donors (Lipinski definition) is 1. The summed E-state index contributed by atoms with van der Waals surface area (Å²) in [7, 11) is -4.55. The first kappa shape index (κ1) is 9.20. The molecule has 1 fully saturated rings. The molecule has 4 nitrogen and oxygen atoms in total. The Morgan fingerprint density at radius 3 is 2.18 bits per heavy atom. The predicted molar refractivity (Wildman–Crippen MR) is 35.9 cm³/mol. The Morgan fingerprint density at radius 1 is 1.27 bits per heavy atom. The Kier molecular flexibility index (Phi) is 2.70. The van der Waals surface area contributed by atoms with E-state index in [0.717, 1.165) is 12.8 Å². The van der Waals surface area contributed by atoms with Crippen LogP contribution >= 0.6 is 7.60 Å². The summed E-state index contributed by atoms with van der Waals surface area (Å²) in [6.07, 6.45) is 1.39. The fourth-order valence-electron chi connectivity index (χ4n) is 1.46. The van der Waals surface area contributed by atoms with E-state index in [0.29, 0.717) is 12.8 Å². The van der Waals surface area contributed by atoms with Crippen molar-refractivity contribution in [2.24, 2.45) is 0 Å². The van der Waals surface area contributed by atoms with Crippen LogP contribution in [0.4, 0.5) is 0 Å². The molecule has 0 spiro atoms. The highest BCUT2D eigenvalue weighted by molar-refractivity contribution is 7.49. The fourth-order valence-corrected chi connectivity index (χ4v) is 2.53. The first-order valence-corrected chi connectivity index (χ1v) is 5.33. The van der Waals surface area contributed by atoms with Crippen LogP contribution in [0.2, 0.25) is 0 Å². The van der Waals surface area contributed by atoms with Crippen molar-refractivity contribution in [2.45, 2.75) is 37.4 Å². The van der Waals surface area contributed by atoms with Crippen molar-refractivity contribution in [3.63, 3.8) is 0 Å². The second-order valence-corrected chi connectivity index (χ2v) is 4.70. The van der Waals surface area contributed by atoms with Crippen molar-refractivity contribution >= 4 is 7.60 Å². The van der Waals surface area contributed by atoms with Gasteiger partial charge in [-0.15, -0.1) is 0 Å². The molecule has 0 saturated heterocycles. The van der Waals surface area contributed by atoms with E-state index >= 15 is 0 Å². The van der Waals surface area contributed by atoms with Gasteiger partial charge in [-0.3, -0.25) is 0 Å². The molecule has 5 heteroatoms. The van der Waals surface area contributed by atoms with Crippen LogP contribution in [-0.4, -0.2) is 16.9 Å². The number of aliphatic hydroxyl groups is 1. The summed E-state index contributed by atoms with van der Waals surface area (Å²) in [5, 5.41) is 9.13. The molecule has 0 aromatic carbocycles.